The van der Waals surface area contributed by atoms with Crippen LogP contribution in [0.5, 0.6) is 0 Å². The molecule has 2 aliphatic heterocycles. The van der Waals surface area contributed by atoms with Gasteiger partial charge in [-0.15, -0.1) is 0 Å². The van der Waals surface area contributed by atoms with Gasteiger partial charge in [-0.2, -0.15) is 5.10 Å². The normalized spacial score (nSPS) is 21.9. The standard InChI is InChI=1S/C22H30N4O3.CH2O2/c1-4-25-22(23-21(24-25)17-10-12-28-13-11-17)20-19(16-8-6-5-7-9-16)26(15(2)3)18(27)14-29-20;2-1-3/h5-9,15,17,19-20H,4,10-14H2,1-3H3;1H,(H,2,3)/t19-,20+;/m1./s1. The summed E-state index contributed by atoms with van der Waals surface area (Å²) in [7, 11) is 0. The lowest BCUT2D eigenvalue weighted by molar-refractivity contribution is -0.163. The van der Waals surface area contributed by atoms with Crippen LogP contribution in [0.4, 0.5) is 0 Å². The number of amides is 1. The molecule has 0 unspecified atom stereocenters. The van der Waals surface area contributed by atoms with E-state index in [1.807, 2.05) is 41.6 Å². The zero-order chi connectivity index (χ0) is 23.1. The van der Waals surface area contributed by atoms with E-state index in [9.17, 15) is 4.79 Å². The molecule has 0 spiro atoms. The van der Waals surface area contributed by atoms with Gasteiger partial charge < -0.3 is 19.5 Å². The summed E-state index contributed by atoms with van der Waals surface area (Å²) < 4.78 is 13.6. The molecule has 9 nitrogen and oxygen atoms in total. The fraction of sp³-hybridized carbons (Fsp3) is 0.565. The van der Waals surface area contributed by atoms with Crippen molar-refractivity contribution in [3.8, 4) is 0 Å². The molecule has 1 aromatic heterocycles. The molecule has 2 saturated heterocycles. The number of hydrogen-bond acceptors (Lipinski definition) is 6. The lowest BCUT2D eigenvalue weighted by atomic mass is 9.95. The van der Waals surface area contributed by atoms with E-state index in [-0.39, 0.29) is 37.2 Å². The number of carboxylic acid groups (broad SMARTS) is 1. The summed E-state index contributed by atoms with van der Waals surface area (Å²) in [5.41, 5.74) is 1.05. The minimum absolute atomic E-state index is 0.0114. The third kappa shape index (κ3) is 5.16. The highest BCUT2D eigenvalue weighted by Gasteiger charge is 2.42. The third-order valence-corrected chi connectivity index (χ3v) is 5.82. The molecule has 1 N–H and O–H groups in total. The average Bonchev–Trinajstić information content (AvgIpc) is 3.24. The largest absolute Gasteiger partial charge is 0.483 e. The second kappa shape index (κ2) is 11.2. The Balaban J connectivity index is 0.000000913. The molecule has 9 heteroatoms. The highest BCUT2D eigenvalue weighted by atomic mass is 16.5. The van der Waals surface area contributed by atoms with Gasteiger partial charge in [-0.25, -0.2) is 9.67 Å². The molecule has 3 heterocycles. The second-order valence-corrected chi connectivity index (χ2v) is 8.12. The highest BCUT2D eigenvalue weighted by Crippen LogP contribution is 2.41. The first-order valence-electron chi connectivity index (χ1n) is 11.1. The fourth-order valence-corrected chi connectivity index (χ4v) is 4.38. The molecular formula is C23H32N4O5. The Bertz CT molecular complexity index is 880. The van der Waals surface area contributed by atoms with Gasteiger partial charge in [-0.1, -0.05) is 30.3 Å². The van der Waals surface area contributed by atoms with Gasteiger partial charge in [0.1, 0.15) is 12.7 Å². The van der Waals surface area contributed by atoms with E-state index >= 15 is 0 Å². The number of carbonyl (C=O) groups excluding carboxylic acids is 1. The Labute approximate surface area is 188 Å². The number of aromatic nitrogens is 3. The first-order chi connectivity index (χ1) is 15.5. The Kier molecular flexibility index (Phi) is 8.35. The Hall–Kier alpha value is -2.78. The van der Waals surface area contributed by atoms with Crippen LogP contribution in [-0.4, -0.2) is 63.0 Å². The van der Waals surface area contributed by atoms with Crippen molar-refractivity contribution in [2.75, 3.05) is 19.8 Å². The summed E-state index contributed by atoms with van der Waals surface area (Å²) in [5.74, 6) is 2.00. The number of hydrogen-bond donors (Lipinski definition) is 1. The van der Waals surface area contributed by atoms with Crippen LogP contribution in [-0.2, 0) is 25.6 Å². The Morgan fingerprint density at radius 1 is 1.22 bits per heavy atom. The van der Waals surface area contributed by atoms with Gasteiger partial charge in [0.2, 0.25) is 5.91 Å². The van der Waals surface area contributed by atoms with Crippen LogP contribution in [0, 0.1) is 0 Å². The fourth-order valence-electron chi connectivity index (χ4n) is 4.38. The van der Waals surface area contributed by atoms with Gasteiger partial charge in [0, 0.05) is 31.7 Å². The average molecular weight is 445 g/mol. The van der Waals surface area contributed by atoms with Gasteiger partial charge >= 0.3 is 0 Å². The van der Waals surface area contributed by atoms with Crippen LogP contribution in [0.3, 0.4) is 0 Å². The van der Waals surface area contributed by atoms with Gasteiger partial charge in [-0.05, 0) is 39.2 Å². The first-order valence-corrected chi connectivity index (χ1v) is 11.1. The van der Waals surface area contributed by atoms with E-state index in [0.717, 1.165) is 43.3 Å². The SMILES string of the molecule is CCn1nc(C2CCOCC2)nc1[C@H]1OCC(=O)N(C(C)C)[C@@H]1c1ccccc1.O=CO. The second-order valence-electron chi connectivity index (χ2n) is 8.12. The third-order valence-electron chi connectivity index (χ3n) is 5.82. The maximum Gasteiger partial charge on any atom is 0.290 e. The van der Waals surface area contributed by atoms with Crippen molar-refractivity contribution in [1.82, 2.24) is 19.7 Å². The molecular weight excluding hydrogens is 412 g/mol. The van der Waals surface area contributed by atoms with E-state index in [1.54, 1.807) is 0 Å². The smallest absolute Gasteiger partial charge is 0.290 e. The number of nitrogens with zero attached hydrogens (tertiary/aromatic N) is 4. The molecule has 0 saturated carbocycles. The molecule has 1 aromatic carbocycles. The number of ether oxygens (including phenoxy) is 2. The lowest BCUT2D eigenvalue weighted by Gasteiger charge is -2.43. The van der Waals surface area contributed by atoms with E-state index in [0.29, 0.717) is 12.5 Å². The minimum atomic E-state index is -0.349. The first kappa shape index (κ1) is 23.9. The number of aryl methyl sites for hydroxylation is 1. The van der Waals surface area contributed by atoms with Crippen molar-refractivity contribution in [2.24, 2.45) is 0 Å². The summed E-state index contributed by atoms with van der Waals surface area (Å²) in [6.45, 7) is 8.20. The number of rotatable bonds is 5. The zero-order valence-electron chi connectivity index (χ0n) is 18.9. The highest BCUT2D eigenvalue weighted by molar-refractivity contribution is 5.79. The van der Waals surface area contributed by atoms with E-state index in [2.05, 4.69) is 19.1 Å². The molecule has 2 atom stereocenters. The Morgan fingerprint density at radius 2 is 1.88 bits per heavy atom. The maximum atomic E-state index is 12.7. The van der Waals surface area contributed by atoms with Crippen molar-refractivity contribution in [1.29, 1.82) is 0 Å². The minimum Gasteiger partial charge on any atom is -0.483 e. The van der Waals surface area contributed by atoms with Crippen LogP contribution in [0.15, 0.2) is 30.3 Å². The van der Waals surface area contributed by atoms with Crippen LogP contribution < -0.4 is 0 Å². The van der Waals surface area contributed by atoms with Crippen molar-refractivity contribution >= 4 is 12.4 Å². The molecule has 4 rings (SSSR count). The zero-order valence-corrected chi connectivity index (χ0v) is 18.9. The molecule has 32 heavy (non-hydrogen) atoms. The topological polar surface area (TPSA) is 107 Å². The summed E-state index contributed by atoms with van der Waals surface area (Å²) in [4.78, 5) is 28.0. The molecule has 0 bridgehead atoms. The van der Waals surface area contributed by atoms with Gasteiger partial charge in [0.15, 0.2) is 11.6 Å². The van der Waals surface area contributed by atoms with Crippen molar-refractivity contribution in [3.05, 3.63) is 47.5 Å². The van der Waals surface area contributed by atoms with Gasteiger partial charge in [0.25, 0.3) is 6.47 Å². The molecule has 2 aliphatic rings. The lowest BCUT2D eigenvalue weighted by Crippen LogP contribution is -2.49. The molecule has 0 aliphatic carbocycles. The van der Waals surface area contributed by atoms with Crippen molar-refractivity contribution in [3.63, 3.8) is 0 Å². The van der Waals surface area contributed by atoms with Crippen LogP contribution >= 0.6 is 0 Å². The maximum absolute atomic E-state index is 12.7. The molecule has 1 amide bonds. The molecule has 2 fully saturated rings. The predicted molar refractivity (Wildman–Crippen MR) is 117 cm³/mol. The monoisotopic (exact) mass is 444 g/mol. The van der Waals surface area contributed by atoms with Crippen molar-refractivity contribution < 1.29 is 24.2 Å². The van der Waals surface area contributed by atoms with Crippen LogP contribution in [0.2, 0.25) is 0 Å². The quantitative estimate of drug-likeness (QED) is 0.707. The summed E-state index contributed by atoms with van der Waals surface area (Å²) in [6, 6.07) is 9.94. The number of morpholine rings is 1. The van der Waals surface area contributed by atoms with Gasteiger partial charge in [0.05, 0.1) is 6.04 Å². The van der Waals surface area contributed by atoms with Crippen LogP contribution in [0.1, 0.15) is 68.9 Å². The molecule has 2 aromatic rings. The van der Waals surface area contributed by atoms with Gasteiger partial charge in [-0.3, -0.25) is 9.59 Å². The number of carbonyl (C=O) groups is 2. The van der Waals surface area contributed by atoms with E-state index in [4.69, 9.17) is 29.5 Å². The predicted octanol–water partition coefficient (Wildman–Crippen LogP) is 2.94. The summed E-state index contributed by atoms with van der Waals surface area (Å²) in [6.07, 6.45) is 1.54. The van der Waals surface area contributed by atoms with E-state index in [1.165, 1.54) is 0 Å². The van der Waals surface area contributed by atoms with Crippen LogP contribution in [0.25, 0.3) is 0 Å². The number of benzene rings is 1. The van der Waals surface area contributed by atoms with E-state index < -0.39 is 0 Å². The van der Waals surface area contributed by atoms with Crippen molar-refractivity contribution in [2.45, 2.75) is 64.3 Å². The Morgan fingerprint density at radius 3 is 2.47 bits per heavy atom. The summed E-state index contributed by atoms with van der Waals surface area (Å²) >= 11 is 0. The summed E-state index contributed by atoms with van der Waals surface area (Å²) in [5, 5.41) is 11.7. The molecule has 0 radical (unpaired) electrons. The molecule has 174 valence electrons.